The summed E-state index contributed by atoms with van der Waals surface area (Å²) in [5.74, 6) is 1.74. The fourth-order valence-corrected chi connectivity index (χ4v) is 1.98. The second-order valence-corrected chi connectivity index (χ2v) is 5.17. The first-order chi connectivity index (χ1) is 10.2. The lowest BCUT2D eigenvalue weighted by Gasteiger charge is -2.09. The summed E-state index contributed by atoms with van der Waals surface area (Å²) in [4.78, 5) is 0. The van der Waals surface area contributed by atoms with E-state index in [-0.39, 0.29) is 6.04 Å². The van der Waals surface area contributed by atoms with Gasteiger partial charge in [-0.15, -0.1) is 0 Å². The average molecular weight is 285 g/mol. The summed E-state index contributed by atoms with van der Waals surface area (Å²) in [5.41, 5.74) is 7.05. The molecule has 0 aliphatic carbocycles. The van der Waals surface area contributed by atoms with Crippen molar-refractivity contribution in [3.05, 3.63) is 60.2 Å². The van der Waals surface area contributed by atoms with E-state index in [1.807, 2.05) is 49.4 Å². The maximum atomic E-state index is 5.76. The normalized spacial score (nSPS) is 11.9. The highest BCUT2D eigenvalue weighted by molar-refractivity contribution is 5.27. The fourth-order valence-electron chi connectivity index (χ4n) is 1.98. The number of ether oxygens (including phenoxy) is 2. The lowest BCUT2D eigenvalue weighted by molar-refractivity contribution is 0.217. The number of hydrogen-bond donors (Lipinski definition) is 1. The van der Waals surface area contributed by atoms with Crippen molar-refractivity contribution in [1.29, 1.82) is 0 Å². The van der Waals surface area contributed by atoms with Gasteiger partial charge >= 0.3 is 0 Å². The predicted molar refractivity (Wildman–Crippen MR) is 85.8 cm³/mol. The van der Waals surface area contributed by atoms with Crippen molar-refractivity contribution in [2.24, 2.45) is 5.73 Å². The monoisotopic (exact) mass is 285 g/mol. The van der Waals surface area contributed by atoms with Crippen LogP contribution in [0.15, 0.2) is 54.6 Å². The number of aryl methyl sites for hydroxylation is 1. The molecule has 0 aliphatic rings. The predicted octanol–water partition coefficient (Wildman–Crippen LogP) is 3.42. The molecule has 2 rings (SSSR count). The molecule has 0 radical (unpaired) electrons. The Morgan fingerprint density at radius 2 is 1.43 bits per heavy atom. The molecule has 0 spiro atoms. The van der Waals surface area contributed by atoms with E-state index < -0.39 is 0 Å². The third kappa shape index (κ3) is 5.88. The lowest BCUT2D eigenvalue weighted by atomic mass is 10.1. The summed E-state index contributed by atoms with van der Waals surface area (Å²) in [6.07, 6.45) is 2.01. The summed E-state index contributed by atoms with van der Waals surface area (Å²) in [6.45, 7) is 3.11. The van der Waals surface area contributed by atoms with Gasteiger partial charge in [-0.25, -0.2) is 0 Å². The Kier molecular flexibility index (Phi) is 6.10. The van der Waals surface area contributed by atoms with Crippen molar-refractivity contribution in [2.75, 3.05) is 13.2 Å². The molecule has 0 aromatic heterocycles. The van der Waals surface area contributed by atoms with Gasteiger partial charge in [0.15, 0.2) is 0 Å². The van der Waals surface area contributed by atoms with Gasteiger partial charge in [0, 0.05) is 6.04 Å². The molecule has 3 nitrogen and oxygen atoms in total. The maximum absolute atomic E-state index is 5.76. The van der Waals surface area contributed by atoms with Crippen molar-refractivity contribution >= 4 is 0 Å². The quantitative estimate of drug-likeness (QED) is 0.756. The van der Waals surface area contributed by atoms with E-state index in [1.165, 1.54) is 5.56 Å². The number of para-hydroxylation sites is 1. The Balaban J connectivity index is 1.69. The molecule has 0 fully saturated rings. The van der Waals surface area contributed by atoms with Gasteiger partial charge in [-0.05, 0) is 49.6 Å². The molecule has 0 saturated heterocycles. The Bertz CT molecular complexity index is 509. The highest BCUT2D eigenvalue weighted by Gasteiger charge is 1.99. The van der Waals surface area contributed by atoms with E-state index in [0.29, 0.717) is 13.2 Å². The molecule has 0 saturated carbocycles. The van der Waals surface area contributed by atoms with Crippen molar-refractivity contribution in [2.45, 2.75) is 25.8 Å². The fraction of sp³-hybridized carbons (Fsp3) is 0.333. The van der Waals surface area contributed by atoms with Gasteiger partial charge in [0.05, 0.1) is 0 Å². The first kappa shape index (κ1) is 15.4. The Morgan fingerprint density at radius 1 is 0.857 bits per heavy atom. The van der Waals surface area contributed by atoms with Crippen molar-refractivity contribution in [3.63, 3.8) is 0 Å². The Morgan fingerprint density at radius 3 is 2.00 bits per heavy atom. The van der Waals surface area contributed by atoms with Crippen LogP contribution in [0.4, 0.5) is 0 Å². The molecule has 3 heteroatoms. The number of hydrogen-bond acceptors (Lipinski definition) is 3. The van der Waals surface area contributed by atoms with Crippen molar-refractivity contribution in [3.8, 4) is 11.5 Å². The van der Waals surface area contributed by atoms with E-state index in [0.717, 1.165) is 24.3 Å². The minimum atomic E-state index is 0.246. The second kappa shape index (κ2) is 8.32. The second-order valence-electron chi connectivity index (χ2n) is 5.17. The Labute approximate surface area is 126 Å². The zero-order chi connectivity index (χ0) is 14.9. The van der Waals surface area contributed by atoms with Crippen LogP contribution in [0.3, 0.4) is 0 Å². The maximum Gasteiger partial charge on any atom is 0.122 e. The van der Waals surface area contributed by atoms with Gasteiger partial charge in [-0.2, -0.15) is 0 Å². The van der Waals surface area contributed by atoms with Crippen LogP contribution >= 0.6 is 0 Å². The van der Waals surface area contributed by atoms with Crippen LogP contribution in [0.5, 0.6) is 11.5 Å². The van der Waals surface area contributed by atoms with Gasteiger partial charge in [0.1, 0.15) is 24.7 Å². The van der Waals surface area contributed by atoms with Crippen LogP contribution in [-0.4, -0.2) is 19.3 Å². The summed E-state index contributed by atoms with van der Waals surface area (Å²) in [7, 11) is 0. The zero-order valence-corrected chi connectivity index (χ0v) is 12.5. The van der Waals surface area contributed by atoms with Crippen LogP contribution in [0.2, 0.25) is 0 Å². The first-order valence-corrected chi connectivity index (χ1v) is 7.39. The molecule has 0 heterocycles. The van der Waals surface area contributed by atoms with Gasteiger partial charge in [-0.1, -0.05) is 30.3 Å². The van der Waals surface area contributed by atoms with Crippen molar-refractivity contribution < 1.29 is 9.47 Å². The number of benzene rings is 2. The van der Waals surface area contributed by atoms with Crippen LogP contribution in [-0.2, 0) is 6.42 Å². The average Bonchev–Trinajstić information content (AvgIpc) is 2.52. The summed E-state index contributed by atoms with van der Waals surface area (Å²) in [6, 6.07) is 18.2. The highest BCUT2D eigenvalue weighted by Crippen LogP contribution is 2.14. The standard InChI is InChI=1S/C18H23NO2/c1-15(19)7-8-16-9-11-18(12-10-16)21-14-13-20-17-5-3-2-4-6-17/h2-6,9-12,15H,7-8,13-14,19H2,1H3. The van der Waals surface area contributed by atoms with Gasteiger partial charge in [0.25, 0.3) is 0 Å². The first-order valence-electron chi connectivity index (χ1n) is 7.39. The molecular weight excluding hydrogens is 262 g/mol. The molecular formula is C18H23NO2. The summed E-state index contributed by atoms with van der Waals surface area (Å²) in [5, 5.41) is 0. The molecule has 0 amide bonds. The van der Waals surface area contributed by atoms with Crippen LogP contribution in [0.1, 0.15) is 18.9 Å². The highest BCUT2D eigenvalue weighted by atomic mass is 16.5. The largest absolute Gasteiger partial charge is 0.490 e. The third-order valence-corrected chi connectivity index (χ3v) is 3.18. The van der Waals surface area contributed by atoms with Gasteiger partial charge in [-0.3, -0.25) is 0 Å². The van der Waals surface area contributed by atoms with E-state index >= 15 is 0 Å². The minimum absolute atomic E-state index is 0.246. The van der Waals surface area contributed by atoms with Gasteiger partial charge < -0.3 is 15.2 Å². The van der Waals surface area contributed by atoms with Crippen LogP contribution in [0, 0.1) is 0 Å². The topological polar surface area (TPSA) is 44.5 Å². The molecule has 112 valence electrons. The Hall–Kier alpha value is -2.00. The molecule has 21 heavy (non-hydrogen) atoms. The zero-order valence-electron chi connectivity index (χ0n) is 12.5. The van der Waals surface area contributed by atoms with Crippen molar-refractivity contribution in [1.82, 2.24) is 0 Å². The molecule has 2 aromatic carbocycles. The van der Waals surface area contributed by atoms with E-state index in [9.17, 15) is 0 Å². The van der Waals surface area contributed by atoms with Crippen LogP contribution < -0.4 is 15.2 Å². The lowest BCUT2D eigenvalue weighted by Crippen LogP contribution is -2.15. The van der Waals surface area contributed by atoms with Crippen LogP contribution in [0.25, 0.3) is 0 Å². The molecule has 1 atom stereocenters. The minimum Gasteiger partial charge on any atom is -0.490 e. The van der Waals surface area contributed by atoms with E-state index in [1.54, 1.807) is 0 Å². The number of rotatable bonds is 8. The van der Waals surface area contributed by atoms with E-state index in [4.69, 9.17) is 15.2 Å². The summed E-state index contributed by atoms with van der Waals surface area (Å²) < 4.78 is 11.2. The molecule has 1 unspecified atom stereocenters. The molecule has 0 bridgehead atoms. The number of nitrogens with two attached hydrogens (primary N) is 1. The summed E-state index contributed by atoms with van der Waals surface area (Å²) >= 11 is 0. The smallest absolute Gasteiger partial charge is 0.122 e. The SMILES string of the molecule is CC(N)CCc1ccc(OCCOc2ccccc2)cc1. The molecule has 2 N–H and O–H groups in total. The van der Waals surface area contributed by atoms with E-state index in [2.05, 4.69) is 12.1 Å². The molecule has 0 aliphatic heterocycles. The molecule has 2 aromatic rings. The third-order valence-electron chi connectivity index (χ3n) is 3.18. The van der Waals surface area contributed by atoms with Gasteiger partial charge in [0.2, 0.25) is 0 Å².